The van der Waals surface area contributed by atoms with Gasteiger partial charge in [-0.05, 0) is 48.9 Å². The molecule has 2 N–H and O–H groups in total. The van der Waals surface area contributed by atoms with Crippen LogP contribution in [0.5, 0.6) is 0 Å². The normalized spacial score (nSPS) is 22.6. The van der Waals surface area contributed by atoms with E-state index in [1.807, 2.05) is 24.3 Å². The topological polar surface area (TPSA) is 41.1 Å². The molecule has 116 valence electrons. The van der Waals surface area contributed by atoms with Crippen LogP contribution in [0.4, 0.5) is 0 Å². The Kier molecular flexibility index (Phi) is 5.28. The van der Waals surface area contributed by atoms with Crippen molar-refractivity contribution in [1.29, 1.82) is 0 Å². The summed E-state index contributed by atoms with van der Waals surface area (Å²) in [6.07, 6.45) is 3.07. The van der Waals surface area contributed by atoms with E-state index in [0.717, 1.165) is 36.4 Å². The molecule has 1 fully saturated rings. The Morgan fingerprint density at radius 3 is 2.67 bits per heavy atom. The summed E-state index contributed by atoms with van der Waals surface area (Å²) in [7, 11) is 0. The van der Waals surface area contributed by atoms with Crippen molar-refractivity contribution in [2.24, 2.45) is 5.41 Å². The molecule has 2 unspecified atom stereocenters. The Hall–Kier alpha value is -1.06. The van der Waals surface area contributed by atoms with E-state index in [0.29, 0.717) is 0 Å². The standard InChI is InChI=1S/C17H25ClN2O/c1-4-14(12-6-8-13(18)9-7-12)20-16(21)15-17(2,3)10-5-11-19-15/h6-9,14-15,19H,4-5,10-11H2,1-3H3,(H,20,21). The highest BCUT2D eigenvalue weighted by Crippen LogP contribution is 2.31. The quantitative estimate of drug-likeness (QED) is 0.891. The maximum Gasteiger partial charge on any atom is 0.238 e. The van der Waals surface area contributed by atoms with Gasteiger partial charge in [0.1, 0.15) is 0 Å². The molecule has 1 amide bonds. The van der Waals surface area contributed by atoms with E-state index in [9.17, 15) is 4.79 Å². The van der Waals surface area contributed by atoms with Crippen LogP contribution in [0, 0.1) is 5.41 Å². The third-order valence-corrected chi connectivity index (χ3v) is 4.64. The van der Waals surface area contributed by atoms with Crippen molar-refractivity contribution >= 4 is 17.5 Å². The molecule has 21 heavy (non-hydrogen) atoms. The lowest BCUT2D eigenvalue weighted by molar-refractivity contribution is -0.127. The monoisotopic (exact) mass is 308 g/mol. The van der Waals surface area contributed by atoms with Gasteiger partial charge in [0.05, 0.1) is 12.1 Å². The molecule has 0 saturated carbocycles. The molecule has 0 bridgehead atoms. The Morgan fingerprint density at radius 2 is 2.10 bits per heavy atom. The number of halogens is 1. The molecule has 1 aliphatic rings. The van der Waals surface area contributed by atoms with Gasteiger partial charge in [0.15, 0.2) is 0 Å². The van der Waals surface area contributed by atoms with Crippen LogP contribution in [-0.4, -0.2) is 18.5 Å². The molecule has 4 heteroatoms. The van der Waals surface area contributed by atoms with E-state index < -0.39 is 0 Å². The zero-order chi connectivity index (χ0) is 15.5. The van der Waals surface area contributed by atoms with Crippen molar-refractivity contribution in [3.05, 3.63) is 34.9 Å². The van der Waals surface area contributed by atoms with E-state index in [-0.39, 0.29) is 23.4 Å². The van der Waals surface area contributed by atoms with E-state index in [2.05, 4.69) is 31.4 Å². The van der Waals surface area contributed by atoms with Gasteiger partial charge in [0, 0.05) is 5.02 Å². The van der Waals surface area contributed by atoms with Gasteiger partial charge in [-0.2, -0.15) is 0 Å². The van der Waals surface area contributed by atoms with Crippen LogP contribution in [0.15, 0.2) is 24.3 Å². The van der Waals surface area contributed by atoms with Crippen LogP contribution in [0.1, 0.15) is 51.6 Å². The lowest BCUT2D eigenvalue weighted by Crippen LogP contribution is -2.56. The number of hydrogen-bond donors (Lipinski definition) is 2. The summed E-state index contributed by atoms with van der Waals surface area (Å²) in [5.74, 6) is 0.0986. The van der Waals surface area contributed by atoms with E-state index in [1.54, 1.807) is 0 Å². The first-order valence-corrected chi connectivity index (χ1v) is 8.11. The molecular formula is C17H25ClN2O. The Labute approximate surface area is 132 Å². The number of carbonyl (C=O) groups is 1. The highest BCUT2D eigenvalue weighted by atomic mass is 35.5. The van der Waals surface area contributed by atoms with Crippen molar-refractivity contribution in [3.63, 3.8) is 0 Å². The molecule has 3 nitrogen and oxygen atoms in total. The first kappa shape index (κ1) is 16.3. The molecule has 1 aromatic rings. The highest BCUT2D eigenvalue weighted by molar-refractivity contribution is 6.30. The summed E-state index contributed by atoms with van der Waals surface area (Å²) in [4.78, 5) is 12.6. The summed E-state index contributed by atoms with van der Waals surface area (Å²) < 4.78 is 0. The summed E-state index contributed by atoms with van der Waals surface area (Å²) in [5.41, 5.74) is 1.10. The maximum atomic E-state index is 12.6. The van der Waals surface area contributed by atoms with Crippen LogP contribution >= 0.6 is 11.6 Å². The van der Waals surface area contributed by atoms with Gasteiger partial charge in [-0.1, -0.05) is 44.5 Å². The summed E-state index contributed by atoms with van der Waals surface area (Å²) in [5, 5.41) is 7.27. The Balaban J connectivity index is 2.07. The average Bonchev–Trinajstić information content (AvgIpc) is 2.45. The number of nitrogens with one attached hydrogen (secondary N) is 2. The Morgan fingerprint density at radius 1 is 1.43 bits per heavy atom. The highest BCUT2D eigenvalue weighted by Gasteiger charge is 2.37. The van der Waals surface area contributed by atoms with Crippen LogP contribution in [0.25, 0.3) is 0 Å². The SMILES string of the molecule is CCC(NC(=O)C1NCCCC1(C)C)c1ccc(Cl)cc1. The van der Waals surface area contributed by atoms with Crippen molar-refractivity contribution in [1.82, 2.24) is 10.6 Å². The fourth-order valence-corrected chi connectivity index (χ4v) is 3.16. The summed E-state index contributed by atoms with van der Waals surface area (Å²) in [6, 6.07) is 7.62. The molecule has 1 heterocycles. The number of carbonyl (C=O) groups excluding carboxylic acids is 1. The number of rotatable bonds is 4. The van der Waals surface area contributed by atoms with Crippen LogP contribution in [0.3, 0.4) is 0 Å². The van der Waals surface area contributed by atoms with Gasteiger partial charge in [0.25, 0.3) is 0 Å². The predicted octanol–water partition coefficient (Wildman–Crippen LogP) is 3.69. The molecule has 1 aliphatic heterocycles. The zero-order valence-electron chi connectivity index (χ0n) is 13.1. The van der Waals surface area contributed by atoms with Crippen molar-refractivity contribution in [3.8, 4) is 0 Å². The van der Waals surface area contributed by atoms with Gasteiger partial charge in [0.2, 0.25) is 5.91 Å². The second kappa shape index (κ2) is 6.80. The number of benzene rings is 1. The maximum absolute atomic E-state index is 12.6. The predicted molar refractivity (Wildman–Crippen MR) is 87.4 cm³/mol. The molecule has 0 aliphatic carbocycles. The van der Waals surface area contributed by atoms with Crippen LogP contribution in [0.2, 0.25) is 5.02 Å². The second-order valence-electron chi connectivity index (χ2n) is 6.50. The lowest BCUT2D eigenvalue weighted by atomic mass is 9.77. The van der Waals surface area contributed by atoms with Crippen molar-refractivity contribution in [2.75, 3.05) is 6.54 Å². The van der Waals surface area contributed by atoms with E-state index in [4.69, 9.17) is 11.6 Å². The smallest absolute Gasteiger partial charge is 0.238 e. The van der Waals surface area contributed by atoms with Gasteiger partial charge in [-0.25, -0.2) is 0 Å². The Bertz CT molecular complexity index is 484. The molecule has 2 rings (SSSR count). The fraction of sp³-hybridized carbons (Fsp3) is 0.588. The van der Waals surface area contributed by atoms with Crippen molar-refractivity contribution in [2.45, 2.75) is 52.1 Å². The molecule has 1 saturated heterocycles. The average molecular weight is 309 g/mol. The number of piperidine rings is 1. The molecular weight excluding hydrogens is 284 g/mol. The number of amides is 1. The first-order chi connectivity index (χ1) is 9.94. The second-order valence-corrected chi connectivity index (χ2v) is 6.94. The minimum Gasteiger partial charge on any atom is -0.348 e. The molecule has 1 aromatic carbocycles. The summed E-state index contributed by atoms with van der Waals surface area (Å²) >= 11 is 5.93. The fourth-order valence-electron chi connectivity index (χ4n) is 3.03. The van der Waals surface area contributed by atoms with Crippen molar-refractivity contribution < 1.29 is 4.79 Å². The molecule has 0 aromatic heterocycles. The minimum atomic E-state index is -0.118. The van der Waals surface area contributed by atoms with E-state index in [1.165, 1.54) is 0 Å². The van der Waals surface area contributed by atoms with Gasteiger partial charge >= 0.3 is 0 Å². The third-order valence-electron chi connectivity index (χ3n) is 4.39. The number of hydrogen-bond acceptors (Lipinski definition) is 2. The lowest BCUT2D eigenvalue weighted by Gasteiger charge is -2.39. The zero-order valence-corrected chi connectivity index (χ0v) is 13.8. The van der Waals surface area contributed by atoms with Gasteiger partial charge in [-0.15, -0.1) is 0 Å². The molecule has 0 radical (unpaired) electrons. The van der Waals surface area contributed by atoms with E-state index >= 15 is 0 Å². The molecule has 2 atom stereocenters. The van der Waals surface area contributed by atoms with Gasteiger partial charge < -0.3 is 10.6 Å². The molecule has 0 spiro atoms. The summed E-state index contributed by atoms with van der Waals surface area (Å²) in [6.45, 7) is 7.32. The van der Waals surface area contributed by atoms with Gasteiger partial charge in [-0.3, -0.25) is 4.79 Å². The first-order valence-electron chi connectivity index (χ1n) is 7.73. The minimum absolute atomic E-state index is 0.000616. The largest absolute Gasteiger partial charge is 0.348 e. The van der Waals surface area contributed by atoms with Crippen LogP contribution in [-0.2, 0) is 4.79 Å². The third kappa shape index (κ3) is 3.98. The van der Waals surface area contributed by atoms with Crippen LogP contribution < -0.4 is 10.6 Å².